The zero-order chi connectivity index (χ0) is 27.0. The first kappa shape index (κ1) is 25.9. The van der Waals surface area contributed by atoms with Crippen molar-refractivity contribution in [1.82, 2.24) is 10.2 Å². The summed E-state index contributed by atoms with van der Waals surface area (Å²) in [5, 5.41) is 19.4. The standard InChI is InChI=1S/C29H27N5O2S2/c1-17-9-11-19(12-10-17)24-20(15-30)26(31)34(21-13-29(2,3)14-22(35)25(21)24)27-32-33-28(38-27)37-16-23(36)18-7-5-4-6-8-18/h4-12,24H,13-14,16,31H2,1-3H3. The maximum Gasteiger partial charge on any atom is 0.219 e. The van der Waals surface area contributed by atoms with Crippen molar-refractivity contribution in [2.45, 2.75) is 43.9 Å². The van der Waals surface area contributed by atoms with E-state index in [-0.39, 0.29) is 28.6 Å². The first-order valence-electron chi connectivity index (χ1n) is 12.3. The number of allylic oxidation sites excluding steroid dienone is 3. The van der Waals surface area contributed by atoms with E-state index in [0.29, 0.717) is 39.0 Å². The number of Topliss-reactive ketones (excluding diaryl/α,β-unsaturated/α-hetero) is 2. The fraction of sp³-hybridized carbons (Fsp3) is 0.276. The number of nitrogens with zero attached hydrogens (tertiary/aromatic N) is 4. The maximum atomic E-state index is 13.6. The Hall–Kier alpha value is -3.74. The highest BCUT2D eigenvalue weighted by Crippen LogP contribution is 2.50. The number of rotatable bonds is 6. The van der Waals surface area contributed by atoms with Gasteiger partial charge in [0.2, 0.25) is 5.13 Å². The van der Waals surface area contributed by atoms with Crippen LogP contribution in [0.5, 0.6) is 0 Å². The molecule has 1 aromatic heterocycles. The first-order chi connectivity index (χ1) is 18.2. The second kappa shape index (κ2) is 10.2. The molecule has 0 saturated carbocycles. The molecule has 1 aliphatic heterocycles. The normalized spacial score (nSPS) is 18.8. The lowest BCUT2D eigenvalue weighted by molar-refractivity contribution is -0.118. The minimum Gasteiger partial charge on any atom is -0.384 e. The molecule has 0 fully saturated rings. The van der Waals surface area contributed by atoms with Gasteiger partial charge in [0.25, 0.3) is 0 Å². The van der Waals surface area contributed by atoms with Crippen molar-refractivity contribution in [3.63, 3.8) is 0 Å². The summed E-state index contributed by atoms with van der Waals surface area (Å²) in [4.78, 5) is 27.9. The Bertz CT molecular complexity index is 1510. The van der Waals surface area contributed by atoms with E-state index >= 15 is 0 Å². The van der Waals surface area contributed by atoms with E-state index in [1.807, 2.05) is 49.4 Å². The number of carbonyl (C=O) groups excluding carboxylic acids is 2. The lowest BCUT2D eigenvalue weighted by Gasteiger charge is -2.42. The highest BCUT2D eigenvalue weighted by molar-refractivity contribution is 8.01. The molecule has 2 N–H and O–H groups in total. The fourth-order valence-corrected chi connectivity index (χ4v) is 6.78. The van der Waals surface area contributed by atoms with Crippen LogP contribution in [0.2, 0.25) is 0 Å². The molecule has 2 aromatic carbocycles. The molecule has 9 heteroatoms. The van der Waals surface area contributed by atoms with Gasteiger partial charge in [-0.05, 0) is 24.3 Å². The summed E-state index contributed by atoms with van der Waals surface area (Å²) in [6.45, 7) is 6.12. The van der Waals surface area contributed by atoms with E-state index in [0.717, 1.165) is 16.8 Å². The van der Waals surface area contributed by atoms with Crippen molar-refractivity contribution in [2.75, 3.05) is 10.7 Å². The Balaban J connectivity index is 1.53. The van der Waals surface area contributed by atoms with Crippen LogP contribution in [0.4, 0.5) is 5.13 Å². The molecule has 2 heterocycles. The zero-order valence-electron chi connectivity index (χ0n) is 21.4. The number of benzene rings is 2. The lowest BCUT2D eigenvalue weighted by Crippen LogP contribution is -2.42. The Labute approximate surface area is 230 Å². The molecular formula is C29H27N5O2S2. The molecule has 1 unspecified atom stereocenters. The molecule has 7 nitrogen and oxygen atoms in total. The van der Waals surface area contributed by atoms with Gasteiger partial charge in [-0.3, -0.25) is 14.5 Å². The number of carbonyl (C=O) groups is 2. The molecule has 192 valence electrons. The topological polar surface area (TPSA) is 113 Å². The molecule has 0 bridgehead atoms. The first-order valence-corrected chi connectivity index (χ1v) is 14.1. The Morgan fingerprint density at radius 3 is 2.55 bits per heavy atom. The predicted octanol–water partition coefficient (Wildman–Crippen LogP) is 5.76. The second-order valence-corrected chi connectivity index (χ2v) is 12.5. The average molecular weight is 542 g/mol. The smallest absolute Gasteiger partial charge is 0.219 e. The van der Waals surface area contributed by atoms with E-state index in [1.54, 1.807) is 17.0 Å². The number of hydrogen-bond donors (Lipinski definition) is 1. The molecule has 0 radical (unpaired) electrons. The van der Waals surface area contributed by atoms with E-state index < -0.39 is 5.92 Å². The third kappa shape index (κ3) is 4.89. The highest BCUT2D eigenvalue weighted by atomic mass is 32.2. The molecule has 0 amide bonds. The van der Waals surface area contributed by atoms with Crippen LogP contribution >= 0.6 is 23.1 Å². The molecule has 0 saturated heterocycles. The van der Waals surface area contributed by atoms with Gasteiger partial charge < -0.3 is 5.73 Å². The zero-order valence-corrected chi connectivity index (χ0v) is 23.0. The van der Waals surface area contributed by atoms with Gasteiger partial charge in [0.15, 0.2) is 15.9 Å². The molecular weight excluding hydrogens is 514 g/mol. The number of nitrogens with two attached hydrogens (primary N) is 1. The van der Waals surface area contributed by atoms with Gasteiger partial charge >= 0.3 is 0 Å². The minimum atomic E-state index is -0.527. The average Bonchev–Trinajstić information content (AvgIpc) is 3.35. The van der Waals surface area contributed by atoms with Crippen molar-refractivity contribution in [3.8, 4) is 6.07 Å². The van der Waals surface area contributed by atoms with Gasteiger partial charge in [-0.2, -0.15) is 5.26 Å². The van der Waals surface area contributed by atoms with Crippen molar-refractivity contribution < 1.29 is 9.59 Å². The van der Waals surface area contributed by atoms with Crippen LogP contribution < -0.4 is 10.6 Å². The van der Waals surface area contributed by atoms with Gasteiger partial charge in [-0.25, -0.2) is 0 Å². The SMILES string of the molecule is Cc1ccc(C2C(C#N)=C(N)N(c3nnc(SCC(=O)c4ccccc4)s3)C3=C2C(=O)CC(C)(C)C3)cc1. The summed E-state index contributed by atoms with van der Waals surface area (Å²) in [6, 6.07) is 19.3. The van der Waals surface area contributed by atoms with Crippen LogP contribution in [0, 0.1) is 23.7 Å². The van der Waals surface area contributed by atoms with Crippen LogP contribution in [0.3, 0.4) is 0 Å². The highest BCUT2D eigenvalue weighted by Gasteiger charge is 2.45. The van der Waals surface area contributed by atoms with Crippen LogP contribution in [0.25, 0.3) is 0 Å². The van der Waals surface area contributed by atoms with Gasteiger partial charge in [-0.1, -0.05) is 97.1 Å². The summed E-state index contributed by atoms with van der Waals surface area (Å²) in [6.07, 6.45) is 0.990. The molecule has 2 aliphatic rings. The number of hydrogen-bond acceptors (Lipinski definition) is 9. The van der Waals surface area contributed by atoms with Crippen molar-refractivity contribution in [3.05, 3.63) is 94.0 Å². The quantitative estimate of drug-likeness (QED) is 0.309. The predicted molar refractivity (Wildman–Crippen MR) is 150 cm³/mol. The largest absolute Gasteiger partial charge is 0.384 e. The Morgan fingerprint density at radius 2 is 1.87 bits per heavy atom. The summed E-state index contributed by atoms with van der Waals surface area (Å²) in [5.41, 5.74) is 10.7. The van der Waals surface area contributed by atoms with Crippen molar-refractivity contribution in [1.29, 1.82) is 5.26 Å². The third-order valence-electron chi connectivity index (χ3n) is 6.80. The lowest BCUT2D eigenvalue weighted by atomic mass is 9.68. The maximum absolute atomic E-state index is 13.6. The molecule has 3 aromatic rings. The van der Waals surface area contributed by atoms with Crippen LogP contribution in [0.15, 0.2) is 81.6 Å². The van der Waals surface area contributed by atoms with Crippen LogP contribution in [0.1, 0.15) is 54.1 Å². The van der Waals surface area contributed by atoms with E-state index in [2.05, 4.69) is 30.1 Å². The molecule has 0 spiro atoms. The summed E-state index contributed by atoms with van der Waals surface area (Å²) in [7, 11) is 0. The van der Waals surface area contributed by atoms with Crippen LogP contribution in [-0.4, -0.2) is 27.5 Å². The van der Waals surface area contributed by atoms with E-state index in [4.69, 9.17) is 5.73 Å². The Morgan fingerprint density at radius 1 is 1.16 bits per heavy atom. The molecule has 1 aliphatic carbocycles. The number of aromatic nitrogens is 2. The number of ketones is 2. The number of nitriles is 1. The van der Waals surface area contributed by atoms with Crippen LogP contribution in [-0.2, 0) is 4.79 Å². The molecule has 38 heavy (non-hydrogen) atoms. The van der Waals surface area contributed by atoms with Gasteiger partial charge in [-0.15, -0.1) is 10.2 Å². The minimum absolute atomic E-state index is 0.00191. The van der Waals surface area contributed by atoms with Crippen molar-refractivity contribution >= 4 is 39.8 Å². The molecule has 1 atom stereocenters. The Kier molecular flexibility index (Phi) is 6.95. The second-order valence-electron chi connectivity index (χ2n) is 10.3. The molecule has 5 rings (SSSR count). The summed E-state index contributed by atoms with van der Waals surface area (Å²) >= 11 is 2.60. The fourth-order valence-electron chi connectivity index (χ4n) is 5.01. The number of aryl methyl sites for hydroxylation is 1. The number of anilines is 1. The summed E-state index contributed by atoms with van der Waals surface area (Å²) in [5.74, 6) is -0.0275. The van der Waals surface area contributed by atoms with E-state index in [9.17, 15) is 14.9 Å². The monoisotopic (exact) mass is 541 g/mol. The van der Waals surface area contributed by atoms with Crippen molar-refractivity contribution in [2.24, 2.45) is 11.1 Å². The third-order valence-corrected chi connectivity index (χ3v) is 8.84. The van der Waals surface area contributed by atoms with Gasteiger partial charge in [0, 0.05) is 23.3 Å². The van der Waals surface area contributed by atoms with Gasteiger partial charge in [0.1, 0.15) is 5.82 Å². The van der Waals surface area contributed by atoms with Gasteiger partial charge in [0.05, 0.1) is 23.3 Å². The number of thioether (sulfide) groups is 1. The van der Waals surface area contributed by atoms with E-state index in [1.165, 1.54) is 23.1 Å². The summed E-state index contributed by atoms with van der Waals surface area (Å²) < 4.78 is 0.611.